The first-order valence-corrected chi connectivity index (χ1v) is 5.87. The van der Waals surface area contributed by atoms with Gasteiger partial charge in [0.25, 0.3) is 0 Å². The van der Waals surface area contributed by atoms with E-state index in [1.807, 2.05) is 0 Å². The molecule has 0 aliphatic heterocycles. The first kappa shape index (κ1) is 15.6. The number of hydrogen-bond donors (Lipinski definition) is 1. The number of para-hydroxylation sites is 1. The Morgan fingerprint density at radius 2 is 1.84 bits per heavy atom. The number of rotatable bonds is 4. The first-order chi connectivity index (χ1) is 8.66. The highest BCUT2D eigenvalue weighted by Gasteiger charge is 2.46. The largest absolute Gasteiger partial charge is 0.485 e. The van der Waals surface area contributed by atoms with Gasteiger partial charge in [0.1, 0.15) is 6.04 Å². The van der Waals surface area contributed by atoms with Crippen molar-refractivity contribution in [2.45, 2.75) is 26.2 Å². The molecule has 1 atom stereocenters. The minimum atomic E-state index is -4.84. The Morgan fingerprint density at radius 1 is 1.32 bits per heavy atom. The third-order valence-corrected chi connectivity index (χ3v) is 2.87. The molecule has 0 fully saturated rings. The number of carboxylic acid groups (broad SMARTS) is 1. The molecule has 0 heterocycles. The summed E-state index contributed by atoms with van der Waals surface area (Å²) in [6.45, 7) is 2.82. The average molecular weight is 296 g/mol. The molecule has 0 aliphatic rings. The molecule has 0 saturated heterocycles. The minimum Gasteiger partial charge on any atom is -0.480 e. The number of alkyl halides is 3. The van der Waals surface area contributed by atoms with Gasteiger partial charge in [0.05, 0.1) is 10.7 Å². The van der Waals surface area contributed by atoms with Crippen molar-refractivity contribution in [3.05, 3.63) is 29.3 Å². The quantitative estimate of drug-likeness (QED) is 0.860. The highest BCUT2D eigenvalue weighted by atomic mass is 35.5. The predicted molar refractivity (Wildman–Crippen MR) is 66.2 cm³/mol. The van der Waals surface area contributed by atoms with Gasteiger partial charge >= 0.3 is 12.3 Å². The maximum atomic E-state index is 13.2. The van der Waals surface area contributed by atoms with Crippen molar-refractivity contribution in [1.29, 1.82) is 0 Å². The number of halogens is 4. The zero-order chi connectivity index (χ0) is 14.8. The Hall–Kier alpha value is -1.43. The second-order valence-electron chi connectivity index (χ2n) is 4.32. The van der Waals surface area contributed by atoms with Crippen LogP contribution in [-0.2, 0) is 4.79 Å². The van der Waals surface area contributed by atoms with E-state index in [-0.39, 0.29) is 15.6 Å². The predicted octanol–water partition coefficient (Wildman–Crippen LogP) is 3.78. The Balaban J connectivity index is 3.38. The molecular weight excluding hydrogens is 283 g/mol. The van der Waals surface area contributed by atoms with Crippen molar-refractivity contribution in [2.24, 2.45) is 5.92 Å². The summed E-state index contributed by atoms with van der Waals surface area (Å²) in [6, 6.07) is 3.55. The van der Waals surface area contributed by atoms with Crippen LogP contribution in [0.2, 0.25) is 5.02 Å². The molecule has 1 aromatic carbocycles. The number of benzene rings is 1. The summed E-state index contributed by atoms with van der Waals surface area (Å²) in [6.07, 6.45) is -4.84. The van der Waals surface area contributed by atoms with Crippen LogP contribution in [0.4, 0.5) is 18.9 Å². The zero-order valence-corrected chi connectivity index (χ0v) is 11.0. The Labute approximate surface area is 113 Å². The summed E-state index contributed by atoms with van der Waals surface area (Å²) in [4.78, 5) is 11.0. The standard InChI is InChI=1S/C12H13ClF3NO2/c1-7(2)10(11(18)19)17(12(14,15)16)9-6-4-3-5-8(9)13/h3-7,10H,1-2H3,(H,18,19)/t10-/m1/s1. The van der Waals surface area contributed by atoms with Gasteiger partial charge < -0.3 is 5.11 Å². The number of carbonyl (C=O) groups is 1. The molecule has 0 aromatic heterocycles. The van der Waals surface area contributed by atoms with Crippen LogP contribution in [0.5, 0.6) is 0 Å². The molecule has 0 aliphatic carbocycles. The van der Waals surface area contributed by atoms with Gasteiger partial charge in [-0.05, 0) is 18.1 Å². The third kappa shape index (κ3) is 3.53. The molecule has 0 amide bonds. The SMILES string of the molecule is CC(C)[C@H](C(=O)O)N(c1ccccc1Cl)C(F)(F)F. The van der Waals surface area contributed by atoms with Crippen LogP contribution in [0.1, 0.15) is 13.8 Å². The van der Waals surface area contributed by atoms with Gasteiger partial charge in [0.2, 0.25) is 0 Å². The molecule has 0 spiro atoms. The molecule has 1 rings (SSSR count). The maximum Gasteiger partial charge on any atom is 0.485 e. The van der Waals surface area contributed by atoms with Crippen LogP contribution < -0.4 is 4.90 Å². The molecule has 7 heteroatoms. The van der Waals surface area contributed by atoms with E-state index in [0.717, 1.165) is 6.07 Å². The van der Waals surface area contributed by atoms with Crippen LogP contribution in [-0.4, -0.2) is 23.4 Å². The van der Waals surface area contributed by atoms with E-state index in [0.29, 0.717) is 0 Å². The van der Waals surface area contributed by atoms with Gasteiger partial charge in [-0.25, -0.2) is 4.79 Å². The van der Waals surface area contributed by atoms with Crippen molar-refractivity contribution in [3.8, 4) is 0 Å². The zero-order valence-electron chi connectivity index (χ0n) is 10.3. The summed E-state index contributed by atoms with van der Waals surface area (Å²) in [5, 5.41) is 8.90. The Kier molecular flexibility index (Phi) is 4.68. The second kappa shape index (κ2) is 5.69. The molecule has 3 nitrogen and oxygen atoms in total. The minimum absolute atomic E-state index is 0.109. The van der Waals surface area contributed by atoms with E-state index in [1.54, 1.807) is 0 Å². The van der Waals surface area contributed by atoms with E-state index in [4.69, 9.17) is 16.7 Å². The van der Waals surface area contributed by atoms with Gasteiger partial charge in [0, 0.05) is 0 Å². The van der Waals surface area contributed by atoms with Crippen molar-refractivity contribution < 1.29 is 23.1 Å². The fourth-order valence-corrected chi connectivity index (χ4v) is 2.01. The van der Waals surface area contributed by atoms with Crippen molar-refractivity contribution >= 4 is 23.3 Å². The van der Waals surface area contributed by atoms with Gasteiger partial charge in [-0.15, -0.1) is 0 Å². The fourth-order valence-electron chi connectivity index (χ4n) is 1.78. The van der Waals surface area contributed by atoms with Crippen LogP contribution in [0, 0.1) is 5.92 Å². The molecule has 1 N–H and O–H groups in total. The van der Waals surface area contributed by atoms with E-state index < -0.39 is 24.2 Å². The molecule has 0 radical (unpaired) electrons. The van der Waals surface area contributed by atoms with Crippen LogP contribution in [0.3, 0.4) is 0 Å². The maximum absolute atomic E-state index is 13.2. The third-order valence-electron chi connectivity index (χ3n) is 2.55. The summed E-state index contributed by atoms with van der Waals surface area (Å²) in [5.41, 5.74) is -0.363. The Morgan fingerprint density at radius 3 is 2.21 bits per heavy atom. The average Bonchev–Trinajstić information content (AvgIpc) is 2.24. The second-order valence-corrected chi connectivity index (χ2v) is 4.72. The van der Waals surface area contributed by atoms with Gasteiger partial charge in [-0.1, -0.05) is 37.6 Å². The van der Waals surface area contributed by atoms with E-state index in [2.05, 4.69) is 0 Å². The highest BCUT2D eigenvalue weighted by Crippen LogP contribution is 2.37. The van der Waals surface area contributed by atoms with Crippen LogP contribution >= 0.6 is 11.6 Å². The summed E-state index contributed by atoms with van der Waals surface area (Å²) in [5.74, 6) is -2.29. The number of aliphatic carboxylic acids is 1. The highest BCUT2D eigenvalue weighted by molar-refractivity contribution is 6.33. The lowest BCUT2D eigenvalue weighted by Crippen LogP contribution is -2.52. The molecule has 106 valence electrons. The molecule has 0 saturated carbocycles. The van der Waals surface area contributed by atoms with Crippen molar-refractivity contribution in [2.75, 3.05) is 4.90 Å². The van der Waals surface area contributed by atoms with Crippen LogP contribution in [0.15, 0.2) is 24.3 Å². The molecule has 0 bridgehead atoms. The van der Waals surface area contributed by atoms with E-state index >= 15 is 0 Å². The number of hydrogen-bond acceptors (Lipinski definition) is 2. The van der Waals surface area contributed by atoms with E-state index in [9.17, 15) is 18.0 Å². The molecule has 1 aromatic rings. The number of nitrogens with zero attached hydrogens (tertiary/aromatic N) is 1. The van der Waals surface area contributed by atoms with Crippen LogP contribution in [0.25, 0.3) is 0 Å². The lowest BCUT2D eigenvalue weighted by atomic mass is 10.0. The van der Waals surface area contributed by atoms with E-state index in [1.165, 1.54) is 32.0 Å². The lowest BCUT2D eigenvalue weighted by Gasteiger charge is -2.35. The molecular formula is C12H13ClF3NO2. The van der Waals surface area contributed by atoms with Gasteiger partial charge in [-0.2, -0.15) is 13.2 Å². The van der Waals surface area contributed by atoms with Crippen molar-refractivity contribution in [1.82, 2.24) is 0 Å². The monoisotopic (exact) mass is 295 g/mol. The first-order valence-electron chi connectivity index (χ1n) is 5.49. The van der Waals surface area contributed by atoms with Gasteiger partial charge in [0.15, 0.2) is 0 Å². The number of carboxylic acids is 1. The summed E-state index contributed by atoms with van der Waals surface area (Å²) >= 11 is 5.74. The number of anilines is 1. The molecule has 0 unspecified atom stereocenters. The molecule has 19 heavy (non-hydrogen) atoms. The smallest absolute Gasteiger partial charge is 0.480 e. The fraction of sp³-hybridized carbons (Fsp3) is 0.417. The summed E-state index contributed by atoms with van der Waals surface area (Å²) < 4.78 is 39.5. The van der Waals surface area contributed by atoms with Gasteiger partial charge in [-0.3, -0.25) is 4.90 Å². The van der Waals surface area contributed by atoms with Crippen molar-refractivity contribution in [3.63, 3.8) is 0 Å². The Bertz CT molecular complexity index is 463. The lowest BCUT2D eigenvalue weighted by molar-refractivity contribution is -0.156. The summed E-state index contributed by atoms with van der Waals surface area (Å²) in [7, 11) is 0. The topological polar surface area (TPSA) is 40.5 Å². The normalized spacial score (nSPS) is 13.4.